The third-order valence-electron chi connectivity index (χ3n) is 3.48. The first-order valence-electron chi connectivity index (χ1n) is 7.28. The van der Waals surface area contributed by atoms with Crippen LogP contribution in [0, 0.1) is 13.8 Å². The molecule has 0 bridgehead atoms. The topological polar surface area (TPSA) is 55.4 Å². The first-order valence-corrected chi connectivity index (χ1v) is 9.31. The highest BCUT2D eigenvalue weighted by molar-refractivity contribution is 7.88. The van der Waals surface area contributed by atoms with Crippen molar-refractivity contribution in [1.82, 2.24) is 4.72 Å². The molecule has 1 N–H and O–H groups in total. The van der Waals surface area contributed by atoms with Gasteiger partial charge in [0.25, 0.3) is 0 Å². The average molecular weight is 354 g/mol. The summed E-state index contributed by atoms with van der Waals surface area (Å²) in [5.41, 5.74) is 2.86. The molecular formula is C17H20ClNO3S. The first-order chi connectivity index (χ1) is 10.9. The Morgan fingerprint density at radius 3 is 2.61 bits per heavy atom. The molecule has 0 aliphatic carbocycles. The molecule has 0 aliphatic heterocycles. The third kappa shape index (κ3) is 5.53. The fourth-order valence-electron chi connectivity index (χ4n) is 2.14. The van der Waals surface area contributed by atoms with Crippen molar-refractivity contribution in [2.45, 2.75) is 19.6 Å². The van der Waals surface area contributed by atoms with Gasteiger partial charge in [-0.1, -0.05) is 35.9 Å². The van der Waals surface area contributed by atoms with Crippen LogP contribution in [0.25, 0.3) is 0 Å². The normalized spacial score (nSPS) is 11.4. The molecule has 0 saturated heterocycles. The molecule has 23 heavy (non-hydrogen) atoms. The molecule has 0 unspecified atom stereocenters. The first kappa shape index (κ1) is 17.8. The van der Waals surface area contributed by atoms with Crippen molar-refractivity contribution in [2.24, 2.45) is 0 Å². The lowest BCUT2D eigenvalue weighted by Gasteiger charge is -2.11. The molecule has 2 aromatic rings. The van der Waals surface area contributed by atoms with E-state index in [1.807, 2.05) is 32.0 Å². The predicted octanol–water partition coefficient (Wildman–Crippen LogP) is 3.46. The van der Waals surface area contributed by atoms with E-state index >= 15 is 0 Å². The number of aryl methyl sites for hydroxylation is 1. The van der Waals surface area contributed by atoms with Crippen LogP contribution in [0.3, 0.4) is 0 Å². The van der Waals surface area contributed by atoms with Crippen LogP contribution in [0.2, 0.25) is 5.02 Å². The van der Waals surface area contributed by atoms with Crippen LogP contribution in [-0.4, -0.2) is 21.6 Å². The van der Waals surface area contributed by atoms with Gasteiger partial charge < -0.3 is 4.74 Å². The summed E-state index contributed by atoms with van der Waals surface area (Å²) in [7, 11) is -3.41. The standard InChI is InChI=1S/C17H20ClNO3S/c1-13-5-3-8-17(14(13)2)22-10-9-19-23(20,21)12-15-6-4-7-16(18)11-15/h3-8,11,19H,9-10,12H2,1-2H3. The summed E-state index contributed by atoms with van der Waals surface area (Å²) in [6, 6.07) is 12.6. The van der Waals surface area contributed by atoms with Crippen molar-refractivity contribution in [3.05, 3.63) is 64.2 Å². The molecule has 2 rings (SSSR count). The van der Waals surface area contributed by atoms with Gasteiger partial charge in [-0.05, 0) is 48.7 Å². The summed E-state index contributed by atoms with van der Waals surface area (Å²) in [6.07, 6.45) is 0. The summed E-state index contributed by atoms with van der Waals surface area (Å²) >= 11 is 5.86. The maximum Gasteiger partial charge on any atom is 0.215 e. The Balaban J connectivity index is 1.84. The second kappa shape index (κ2) is 7.81. The van der Waals surface area contributed by atoms with Crippen molar-refractivity contribution in [3.63, 3.8) is 0 Å². The minimum Gasteiger partial charge on any atom is -0.492 e. The van der Waals surface area contributed by atoms with Gasteiger partial charge in [0, 0.05) is 11.6 Å². The molecule has 0 aliphatic rings. The zero-order chi connectivity index (χ0) is 16.9. The number of sulfonamides is 1. The minimum absolute atomic E-state index is 0.100. The molecule has 0 amide bonds. The zero-order valence-electron chi connectivity index (χ0n) is 13.2. The number of hydrogen-bond acceptors (Lipinski definition) is 3. The van der Waals surface area contributed by atoms with Gasteiger partial charge in [0.05, 0.1) is 5.75 Å². The Bertz CT molecular complexity index is 775. The minimum atomic E-state index is -3.41. The average Bonchev–Trinajstić information content (AvgIpc) is 2.47. The van der Waals surface area contributed by atoms with E-state index in [0.717, 1.165) is 16.9 Å². The van der Waals surface area contributed by atoms with Gasteiger partial charge in [0.15, 0.2) is 0 Å². The van der Waals surface area contributed by atoms with Gasteiger partial charge in [-0.3, -0.25) is 0 Å². The number of benzene rings is 2. The highest BCUT2D eigenvalue weighted by Gasteiger charge is 2.11. The number of ether oxygens (including phenoxy) is 1. The van der Waals surface area contributed by atoms with E-state index < -0.39 is 10.0 Å². The smallest absolute Gasteiger partial charge is 0.215 e. The van der Waals surface area contributed by atoms with E-state index in [2.05, 4.69) is 4.72 Å². The quantitative estimate of drug-likeness (QED) is 0.775. The van der Waals surface area contributed by atoms with E-state index in [4.69, 9.17) is 16.3 Å². The number of halogens is 1. The molecule has 124 valence electrons. The summed E-state index contributed by atoms with van der Waals surface area (Å²) < 4.78 is 32.2. The van der Waals surface area contributed by atoms with Crippen LogP contribution in [-0.2, 0) is 15.8 Å². The number of hydrogen-bond donors (Lipinski definition) is 1. The van der Waals surface area contributed by atoms with E-state index in [0.29, 0.717) is 10.6 Å². The lowest BCUT2D eigenvalue weighted by molar-refractivity contribution is 0.320. The van der Waals surface area contributed by atoms with E-state index in [1.54, 1.807) is 24.3 Å². The van der Waals surface area contributed by atoms with E-state index in [1.165, 1.54) is 0 Å². The molecule has 0 atom stereocenters. The van der Waals surface area contributed by atoms with Gasteiger partial charge in [-0.2, -0.15) is 0 Å². The molecule has 2 aromatic carbocycles. The van der Waals surface area contributed by atoms with Crippen molar-refractivity contribution in [3.8, 4) is 5.75 Å². The molecule has 6 heteroatoms. The van der Waals surface area contributed by atoms with Crippen LogP contribution < -0.4 is 9.46 Å². The monoisotopic (exact) mass is 353 g/mol. The largest absolute Gasteiger partial charge is 0.492 e. The van der Waals surface area contributed by atoms with Crippen molar-refractivity contribution >= 4 is 21.6 Å². The van der Waals surface area contributed by atoms with Crippen molar-refractivity contribution in [2.75, 3.05) is 13.2 Å². The van der Waals surface area contributed by atoms with Crippen LogP contribution in [0.1, 0.15) is 16.7 Å². The summed E-state index contributed by atoms with van der Waals surface area (Å²) in [6.45, 7) is 4.49. The van der Waals surface area contributed by atoms with Gasteiger partial charge in [-0.25, -0.2) is 13.1 Å². The Morgan fingerprint density at radius 2 is 1.87 bits per heavy atom. The fraction of sp³-hybridized carbons (Fsp3) is 0.294. The van der Waals surface area contributed by atoms with Gasteiger partial charge in [0.2, 0.25) is 10.0 Å². The lowest BCUT2D eigenvalue weighted by atomic mass is 10.1. The SMILES string of the molecule is Cc1cccc(OCCNS(=O)(=O)Cc2cccc(Cl)c2)c1C. The highest BCUT2D eigenvalue weighted by Crippen LogP contribution is 2.20. The molecule has 0 aromatic heterocycles. The predicted molar refractivity (Wildman–Crippen MR) is 93.5 cm³/mol. The summed E-state index contributed by atoms with van der Waals surface area (Å²) in [5, 5.41) is 0.524. The lowest BCUT2D eigenvalue weighted by Crippen LogP contribution is -2.29. The van der Waals surface area contributed by atoms with Crippen LogP contribution in [0.15, 0.2) is 42.5 Å². The Kier molecular flexibility index (Phi) is 6.04. The Morgan fingerprint density at radius 1 is 1.13 bits per heavy atom. The van der Waals surface area contributed by atoms with Crippen LogP contribution in [0.4, 0.5) is 0 Å². The van der Waals surface area contributed by atoms with Gasteiger partial charge in [-0.15, -0.1) is 0 Å². The molecule has 0 saturated carbocycles. The molecular weight excluding hydrogens is 334 g/mol. The third-order valence-corrected chi connectivity index (χ3v) is 5.07. The van der Waals surface area contributed by atoms with Crippen LogP contribution >= 0.6 is 11.6 Å². The van der Waals surface area contributed by atoms with E-state index in [9.17, 15) is 8.42 Å². The molecule has 4 nitrogen and oxygen atoms in total. The van der Waals surface area contributed by atoms with Crippen molar-refractivity contribution in [1.29, 1.82) is 0 Å². The zero-order valence-corrected chi connectivity index (χ0v) is 14.7. The molecule has 0 fully saturated rings. The maximum atomic E-state index is 12.0. The maximum absolute atomic E-state index is 12.0. The molecule has 0 spiro atoms. The van der Waals surface area contributed by atoms with Crippen molar-refractivity contribution < 1.29 is 13.2 Å². The summed E-state index contributed by atoms with van der Waals surface area (Å²) in [4.78, 5) is 0. The van der Waals surface area contributed by atoms with Gasteiger partial charge in [0.1, 0.15) is 12.4 Å². The number of nitrogens with one attached hydrogen (secondary N) is 1. The highest BCUT2D eigenvalue weighted by atomic mass is 35.5. The second-order valence-corrected chi connectivity index (χ2v) is 7.57. The molecule has 0 radical (unpaired) electrons. The Labute approximate surface area is 142 Å². The van der Waals surface area contributed by atoms with E-state index in [-0.39, 0.29) is 18.9 Å². The fourth-order valence-corrected chi connectivity index (χ4v) is 3.46. The van der Waals surface area contributed by atoms with Crippen LogP contribution in [0.5, 0.6) is 5.75 Å². The summed E-state index contributed by atoms with van der Waals surface area (Å²) in [5.74, 6) is 0.677. The second-order valence-electron chi connectivity index (χ2n) is 5.33. The number of rotatable bonds is 7. The Hall–Kier alpha value is -1.56. The van der Waals surface area contributed by atoms with Gasteiger partial charge >= 0.3 is 0 Å². The molecule has 0 heterocycles.